The number of nitrogens with one attached hydrogen (secondary N) is 1. The second-order valence-electron chi connectivity index (χ2n) is 19.3. The molecule has 1 aliphatic carbocycles. The van der Waals surface area contributed by atoms with E-state index in [1.807, 2.05) is 0 Å². The molecule has 0 heterocycles. The first-order chi connectivity index (χ1) is 31.3. The number of phosphoric acid groups is 1. The molecule has 1 rings (SSSR count). The predicted octanol–water partition coefficient (Wildman–Crippen LogP) is 10.2. The van der Waals surface area contributed by atoms with E-state index in [1.165, 1.54) is 173 Å². The van der Waals surface area contributed by atoms with Crippen LogP contribution in [-0.2, 0) is 18.4 Å². The van der Waals surface area contributed by atoms with Gasteiger partial charge in [-0.2, -0.15) is 0 Å². The fourth-order valence-electron chi connectivity index (χ4n) is 8.77. The zero-order chi connectivity index (χ0) is 48.0. The minimum Gasteiger partial charge on any atom is -0.393 e. The van der Waals surface area contributed by atoms with Crippen LogP contribution in [0.15, 0.2) is 12.2 Å². The molecule has 14 heteroatoms. The first-order valence-corrected chi connectivity index (χ1v) is 28.2. The number of aliphatic hydroxyl groups excluding tert-OH is 7. The molecule has 1 aliphatic rings. The number of allylic oxidation sites excluding steroid dienone is 1. The molecule has 0 aromatic rings. The lowest BCUT2D eigenvalue weighted by Gasteiger charge is -2.41. The fraction of sp³-hybridized carbons (Fsp3) is 0.941. The summed E-state index contributed by atoms with van der Waals surface area (Å²) in [6.45, 7) is 3.77. The summed E-state index contributed by atoms with van der Waals surface area (Å²) in [5.41, 5.74) is 0. The molecular weight excluding hydrogens is 850 g/mol. The minimum absolute atomic E-state index is 0.240. The zero-order valence-corrected chi connectivity index (χ0v) is 42.1. The van der Waals surface area contributed by atoms with Gasteiger partial charge in [0, 0.05) is 0 Å². The van der Waals surface area contributed by atoms with E-state index in [0.29, 0.717) is 12.8 Å². The molecule has 0 aromatic heterocycles. The molecular formula is C51H100NO12P. The smallest absolute Gasteiger partial charge is 0.393 e. The van der Waals surface area contributed by atoms with Crippen LogP contribution in [0.5, 0.6) is 0 Å². The quantitative estimate of drug-likeness (QED) is 0.0158. The molecule has 0 bridgehead atoms. The van der Waals surface area contributed by atoms with Crippen LogP contribution in [0.3, 0.4) is 0 Å². The van der Waals surface area contributed by atoms with E-state index in [0.717, 1.165) is 44.9 Å². The maximum atomic E-state index is 13.0. The number of hydrogen-bond acceptors (Lipinski definition) is 11. The van der Waals surface area contributed by atoms with Gasteiger partial charge in [0.25, 0.3) is 0 Å². The van der Waals surface area contributed by atoms with E-state index in [1.54, 1.807) is 6.08 Å². The summed E-state index contributed by atoms with van der Waals surface area (Å²) in [4.78, 5) is 23.5. The van der Waals surface area contributed by atoms with Gasteiger partial charge < -0.3 is 46.0 Å². The number of unbranched alkanes of at least 4 members (excludes halogenated alkanes) is 32. The van der Waals surface area contributed by atoms with Gasteiger partial charge >= 0.3 is 7.82 Å². The van der Waals surface area contributed by atoms with Gasteiger partial charge in [-0.1, -0.05) is 231 Å². The van der Waals surface area contributed by atoms with Crippen molar-refractivity contribution in [2.24, 2.45) is 0 Å². The van der Waals surface area contributed by atoms with Crippen molar-refractivity contribution in [3.63, 3.8) is 0 Å². The summed E-state index contributed by atoms with van der Waals surface area (Å²) >= 11 is 0. The van der Waals surface area contributed by atoms with Gasteiger partial charge in [-0.25, -0.2) is 4.57 Å². The molecule has 9 N–H and O–H groups in total. The summed E-state index contributed by atoms with van der Waals surface area (Å²) in [6, 6.07) is -1.24. The Balaban J connectivity index is 2.46. The zero-order valence-electron chi connectivity index (χ0n) is 41.2. The van der Waals surface area contributed by atoms with Crippen molar-refractivity contribution >= 4 is 13.7 Å². The first kappa shape index (κ1) is 62.1. The van der Waals surface area contributed by atoms with Crippen LogP contribution in [0, 0.1) is 0 Å². The summed E-state index contributed by atoms with van der Waals surface area (Å²) in [6.07, 6.45) is 31.5. The van der Waals surface area contributed by atoms with Gasteiger partial charge in [-0.3, -0.25) is 13.8 Å². The van der Waals surface area contributed by atoms with Crippen molar-refractivity contribution < 1.29 is 59.0 Å². The number of carbonyl (C=O) groups excluding carboxylic acids is 1. The minimum atomic E-state index is -5.14. The van der Waals surface area contributed by atoms with E-state index < -0.39 is 75.2 Å². The lowest BCUT2D eigenvalue weighted by molar-refractivity contribution is -0.220. The van der Waals surface area contributed by atoms with E-state index >= 15 is 0 Å². The van der Waals surface area contributed by atoms with E-state index in [4.69, 9.17) is 9.05 Å². The van der Waals surface area contributed by atoms with Gasteiger partial charge in [0.1, 0.15) is 36.6 Å². The Bertz CT molecular complexity index is 1170. The molecule has 1 amide bonds. The largest absolute Gasteiger partial charge is 0.472 e. The average molecular weight is 950 g/mol. The van der Waals surface area contributed by atoms with E-state index in [2.05, 4.69) is 19.2 Å². The van der Waals surface area contributed by atoms with E-state index in [-0.39, 0.29) is 6.42 Å². The number of hydrogen-bond donors (Lipinski definition) is 9. The predicted molar refractivity (Wildman–Crippen MR) is 261 cm³/mol. The fourth-order valence-corrected chi connectivity index (χ4v) is 9.74. The normalized spacial score (nSPS) is 22.6. The number of phosphoric ester groups is 1. The molecule has 65 heavy (non-hydrogen) atoms. The topological polar surface area (TPSA) is 226 Å². The SMILES string of the molecule is CCCCCCCCCCCCCCCCCCCCC/C=C/C(O)C(COP(=O)(O)OC1C(O)C(O)C(O)C(O)C1O)NC(=O)CC(O)CCCCCCCCCCCCCCCC. The third-order valence-corrected chi connectivity index (χ3v) is 14.1. The molecule has 13 nitrogen and oxygen atoms in total. The summed E-state index contributed by atoms with van der Waals surface area (Å²) in [5.74, 6) is -0.588. The number of rotatable bonds is 45. The van der Waals surface area contributed by atoms with Crippen LogP contribution in [0.2, 0.25) is 0 Å². The van der Waals surface area contributed by atoms with Gasteiger partial charge in [0.15, 0.2) is 0 Å². The third kappa shape index (κ3) is 32.5. The van der Waals surface area contributed by atoms with Gasteiger partial charge in [-0.05, 0) is 19.3 Å². The van der Waals surface area contributed by atoms with Crippen molar-refractivity contribution in [3.8, 4) is 0 Å². The molecule has 1 fully saturated rings. The average Bonchev–Trinajstić information content (AvgIpc) is 3.28. The van der Waals surface area contributed by atoms with Crippen LogP contribution < -0.4 is 5.32 Å². The van der Waals surface area contributed by atoms with Crippen molar-refractivity contribution in [2.75, 3.05) is 6.61 Å². The van der Waals surface area contributed by atoms with Crippen LogP contribution in [0.25, 0.3) is 0 Å². The molecule has 8 unspecified atom stereocenters. The van der Waals surface area contributed by atoms with Crippen LogP contribution >= 0.6 is 7.82 Å². The highest BCUT2D eigenvalue weighted by atomic mass is 31.2. The highest BCUT2D eigenvalue weighted by Gasteiger charge is 2.51. The summed E-state index contributed by atoms with van der Waals surface area (Å²) < 4.78 is 22.9. The lowest BCUT2D eigenvalue weighted by Crippen LogP contribution is -2.64. The van der Waals surface area contributed by atoms with Crippen LogP contribution in [0.1, 0.15) is 245 Å². The lowest BCUT2D eigenvalue weighted by atomic mass is 9.85. The molecule has 386 valence electrons. The Labute approximate surface area is 395 Å². The highest BCUT2D eigenvalue weighted by Crippen LogP contribution is 2.47. The van der Waals surface area contributed by atoms with Gasteiger partial charge in [-0.15, -0.1) is 0 Å². The van der Waals surface area contributed by atoms with Gasteiger partial charge in [0.2, 0.25) is 5.91 Å². The standard InChI is InChI=1S/C51H100NO12P/c1-3-5-7-9-11-13-15-17-19-20-21-22-23-24-25-27-29-31-33-35-37-39-44(54)43(41-63-65(61,62)64-51-49(59)47(57)46(56)48(58)50(51)60)52-45(55)40-42(53)38-36-34-32-30-28-26-18-16-14-12-10-8-6-4-2/h37,39,42-44,46-51,53-54,56-60H,3-36,38,40-41H2,1-2H3,(H,52,55)(H,61,62)/b39-37+. The molecule has 8 atom stereocenters. The Morgan fingerprint density at radius 3 is 1.26 bits per heavy atom. The van der Waals surface area contributed by atoms with Crippen molar-refractivity contribution in [3.05, 3.63) is 12.2 Å². The van der Waals surface area contributed by atoms with Crippen molar-refractivity contribution in [2.45, 2.75) is 300 Å². The van der Waals surface area contributed by atoms with E-state index in [9.17, 15) is 50.0 Å². The summed E-state index contributed by atoms with van der Waals surface area (Å²) in [7, 11) is -5.14. The van der Waals surface area contributed by atoms with Crippen LogP contribution in [-0.4, -0.2) is 108 Å². The molecule has 0 saturated heterocycles. The monoisotopic (exact) mass is 950 g/mol. The second kappa shape index (κ2) is 40.9. The molecule has 0 spiro atoms. The highest BCUT2D eigenvalue weighted by molar-refractivity contribution is 7.47. The third-order valence-electron chi connectivity index (χ3n) is 13.1. The Morgan fingerprint density at radius 2 is 0.877 bits per heavy atom. The van der Waals surface area contributed by atoms with Crippen molar-refractivity contribution in [1.29, 1.82) is 0 Å². The first-order valence-electron chi connectivity index (χ1n) is 26.7. The Hall–Kier alpha value is -0.960. The Morgan fingerprint density at radius 1 is 0.538 bits per heavy atom. The number of carbonyl (C=O) groups is 1. The number of amides is 1. The number of aliphatic hydroxyl groups is 7. The summed E-state index contributed by atoms with van der Waals surface area (Å²) in [5, 5.41) is 74.7. The maximum Gasteiger partial charge on any atom is 0.472 e. The van der Waals surface area contributed by atoms with Crippen molar-refractivity contribution in [1.82, 2.24) is 5.32 Å². The maximum absolute atomic E-state index is 13.0. The molecule has 0 aliphatic heterocycles. The molecule has 0 aromatic carbocycles. The molecule has 1 saturated carbocycles. The van der Waals surface area contributed by atoms with Crippen LogP contribution in [0.4, 0.5) is 0 Å². The van der Waals surface area contributed by atoms with Gasteiger partial charge in [0.05, 0.1) is 31.3 Å². The second-order valence-corrected chi connectivity index (χ2v) is 20.7. The Kier molecular flexibility index (Phi) is 39.0. The molecule has 0 radical (unpaired) electrons.